The van der Waals surface area contributed by atoms with Crippen molar-refractivity contribution in [2.45, 2.75) is 97.5 Å². The van der Waals surface area contributed by atoms with Gasteiger partial charge in [-0.1, -0.05) is 92.9 Å². The normalized spacial score (nSPS) is 13.6. The van der Waals surface area contributed by atoms with Gasteiger partial charge in [-0.15, -0.1) is 0 Å². The maximum absolute atomic E-state index is 13.3. The van der Waals surface area contributed by atoms with Crippen LogP contribution in [0.15, 0.2) is 42.5 Å². The van der Waals surface area contributed by atoms with Crippen LogP contribution in [0.4, 0.5) is 0 Å². The number of carbonyl (C=O) groups is 2. The van der Waals surface area contributed by atoms with E-state index in [1.165, 1.54) is 0 Å². The van der Waals surface area contributed by atoms with E-state index in [0.717, 1.165) is 35.6 Å². The lowest BCUT2D eigenvalue weighted by molar-refractivity contribution is -0.162. The second-order valence-electron chi connectivity index (χ2n) is 12.6. The van der Waals surface area contributed by atoms with E-state index in [1.807, 2.05) is 45.0 Å². The zero-order chi connectivity index (χ0) is 29.2. The van der Waals surface area contributed by atoms with Gasteiger partial charge in [0.05, 0.1) is 18.4 Å². The molecule has 0 spiro atoms. The fraction of sp³-hybridized carbons (Fsp3) is 0.562. The van der Waals surface area contributed by atoms with Crippen LogP contribution in [-0.2, 0) is 25.5 Å². The highest BCUT2D eigenvalue weighted by molar-refractivity contribution is 6.76. The number of benzene rings is 2. The molecule has 39 heavy (non-hydrogen) atoms. The van der Waals surface area contributed by atoms with Crippen LogP contribution in [0.2, 0.25) is 35.7 Å². The minimum absolute atomic E-state index is 0.206. The van der Waals surface area contributed by atoms with Gasteiger partial charge in [0.2, 0.25) is 0 Å². The molecule has 4 nitrogen and oxygen atoms in total. The lowest BCUT2D eigenvalue weighted by Crippen LogP contribution is -2.32. The number of rotatable bonds is 14. The predicted octanol–water partition coefficient (Wildman–Crippen LogP) is 9.63. The summed E-state index contributed by atoms with van der Waals surface area (Å²) in [6, 6.07) is 14.6. The molecule has 216 valence electrons. The molecule has 0 aliphatic heterocycles. The standard InChI is InChI=1S/C32H46Cl2O4Si/c1-8-9-10-25(31(36)38-32(2,3)4)21-26(30(35)37-19-20-39(5,6)7)16-13-23-11-14-24(15-12-23)28-18-17-27(33)22-29(28)34/h11-12,14-15,17-18,22,25-26H,8-10,13,16,19-21H2,1-7H3/t25-,26+/m0/s1. The molecule has 0 aliphatic carbocycles. The fourth-order valence-electron chi connectivity index (χ4n) is 4.33. The van der Waals surface area contributed by atoms with Gasteiger partial charge in [-0.25, -0.2) is 0 Å². The number of aryl methyl sites for hydroxylation is 1. The first-order chi connectivity index (χ1) is 18.2. The van der Waals surface area contributed by atoms with Crippen LogP contribution < -0.4 is 0 Å². The highest BCUT2D eigenvalue weighted by Crippen LogP contribution is 2.31. The summed E-state index contributed by atoms with van der Waals surface area (Å²) in [4.78, 5) is 26.4. The molecule has 0 amide bonds. The molecule has 0 unspecified atom stereocenters. The van der Waals surface area contributed by atoms with Crippen molar-refractivity contribution < 1.29 is 19.1 Å². The number of halogens is 2. The summed E-state index contributed by atoms with van der Waals surface area (Å²) in [7, 11) is -1.33. The third-order valence-corrected chi connectivity index (χ3v) is 8.87. The number of esters is 2. The summed E-state index contributed by atoms with van der Waals surface area (Å²) >= 11 is 12.4. The van der Waals surface area contributed by atoms with Gasteiger partial charge >= 0.3 is 11.9 Å². The smallest absolute Gasteiger partial charge is 0.309 e. The van der Waals surface area contributed by atoms with E-state index in [-0.39, 0.29) is 23.8 Å². The Hall–Kier alpha value is -1.82. The van der Waals surface area contributed by atoms with Gasteiger partial charge in [0.1, 0.15) is 5.60 Å². The summed E-state index contributed by atoms with van der Waals surface area (Å²) in [5.74, 6) is -1.12. The largest absolute Gasteiger partial charge is 0.466 e. The Morgan fingerprint density at radius 3 is 2.13 bits per heavy atom. The molecule has 0 radical (unpaired) electrons. The van der Waals surface area contributed by atoms with E-state index in [1.54, 1.807) is 6.07 Å². The van der Waals surface area contributed by atoms with Crippen molar-refractivity contribution in [1.29, 1.82) is 0 Å². The van der Waals surface area contributed by atoms with Crippen molar-refractivity contribution in [3.63, 3.8) is 0 Å². The van der Waals surface area contributed by atoms with Crippen molar-refractivity contribution in [2.75, 3.05) is 6.61 Å². The summed E-state index contributed by atoms with van der Waals surface area (Å²) in [5, 5.41) is 1.21. The van der Waals surface area contributed by atoms with Gasteiger partial charge in [0.25, 0.3) is 0 Å². The van der Waals surface area contributed by atoms with Crippen LogP contribution in [0.1, 0.15) is 65.4 Å². The molecule has 2 aromatic carbocycles. The van der Waals surface area contributed by atoms with Gasteiger partial charge < -0.3 is 9.47 Å². The topological polar surface area (TPSA) is 52.6 Å². The second kappa shape index (κ2) is 15.3. The molecule has 7 heteroatoms. The highest BCUT2D eigenvalue weighted by atomic mass is 35.5. The van der Waals surface area contributed by atoms with Crippen LogP contribution in [0.3, 0.4) is 0 Å². The zero-order valence-electron chi connectivity index (χ0n) is 24.7. The van der Waals surface area contributed by atoms with Gasteiger partial charge in [0, 0.05) is 23.7 Å². The first-order valence-corrected chi connectivity index (χ1v) is 18.6. The number of hydrogen-bond acceptors (Lipinski definition) is 4. The Labute approximate surface area is 246 Å². The number of carbonyl (C=O) groups excluding carboxylic acids is 2. The van der Waals surface area contributed by atoms with E-state index in [9.17, 15) is 9.59 Å². The van der Waals surface area contributed by atoms with Crippen LogP contribution >= 0.6 is 23.2 Å². The second-order valence-corrected chi connectivity index (χ2v) is 19.1. The Balaban J connectivity index is 2.17. The lowest BCUT2D eigenvalue weighted by Gasteiger charge is -2.26. The molecule has 0 fully saturated rings. The molecule has 0 aliphatic rings. The van der Waals surface area contributed by atoms with Gasteiger partial charge in [0.15, 0.2) is 0 Å². The third kappa shape index (κ3) is 12.5. The zero-order valence-corrected chi connectivity index (χ0v) is 27.3. The van der Waals surface area contributed by atoms with E-state index in [2.05, 4.69) is 38.7 Å². The van der Waals surface area contributed by atoms with Crippen molar-refractivity contribution in [3.05, 3.63) is 58.1 Å². The Morgan fingerprint density at radius 2 is 1.56 bits per heavy atom. The number of unbranched alkanes of at least 4 members (excludes halogenated alkanes) is 1. The average molecular weight is 594 g/mol. The van der Waals surface area contributed by atoms with Gasteiger partial charge in [-0.2, -0.15) is 0 Å². The molecule has 0 N–H and O–H groups in total. The molecule has 0 heterocycles. The number of hydrogen-bond donors (Lipinski definition) is 0. The van der Waals surface area contributed by atoms with E-state index >= 15 is 0 Å². The summed E-state index contributed by atoms with van der Waals surface area (Å²) in [6.45, 7) is 15.0. The summed E-state index contributed by atoms with van der Waals surface area (Å²) in [6.07, 6.45) is 4.36. The van der Waals surface area contributed by atoms with Crippen molar-refractivity contribution >= 4 is 43.2 Å². The molecule has 0 aromatic heterocycles. The minimum Gasteiger partial charge on any atom is -0.466 e. The number of ether oxygens (including phenoxy) is 2. The van der Waals surface area contributed by atoms with Crippen molar-refractivity contribution in [3.8, 4) is 11.1 Å². The average Bonchev–Trinajstić information content (AvgIpc) is 2.82. The lowest BCUT2D eigenvalue weighted by atomic mass is 9.86. The Bertz CT molecular complexity index is 1070. The molecule has 0 saturated heterocycles. The van der Waals surface area contributed by atoms with Crippen molar-refractivity contribution in [2.24, 2.45) is 11.8 Å². The minimum atomic E-state index is -1.33. The third-order valence-electron chi connectivity index (χ3n) is 6.62. The molecule has 2 rings (SSSR count). The molecule has 0 saturated carbocycles. The van der Waals surface area contributed by atoms with Crippen LogP contribution in [0, 0.1) is 11.8 Å². The van der Waals surface area contributed by atoms with Crippen LogP contribution in [0.5, 0.6) is 0 Å². The van der Waals surface area contributed by atoms with Crippen molar-refractivity contribution in [1.82, 2.24) is 0 Å². The summed E-state index contributed by atoms with van der Waals surface area (Å²) < 4.78 is 11.5. The quantitative estimate of drug-likeness (QED) is 0.162. The molecule has 2 aromatic rings. The van der Waals surface area contributed by atoms with Gasteiger partial charge in [-0.05, 0) is 75.8 Å². The summed E-state index contributed by atoms with van der Waals surface area (Å²) in [5.41, 5.74) is 2.48. The molecule has 2 atom stereocenters. The van der Waals surface area contributed by atoms with Crippen LogP contribution in [-0.4, -0.2) is 32.2 Å². The molecular weight excluding hydrogens is 547 g/mol. The maximum Gasteiger partial charge on any atom is 0.309 e. The first kappa shape index (κ1) is 33.4. The monoisotopic (exact) mass is 592 g/mol. The fourth-order valence-corrected chi connectivity index (χ4v) is 5.57. The van der Waals surface area contributed by atoms with E-state index in [0.29, 0.717) is 42.3 Å². The van der Waals surface area contributed by atoms with E-state index in [4.69, 9.17) is 32.7 Å². The molecule has 0 bridgehead atoms. The van der Waals surface area contributed by atoms with E-state index < -0.39 is 13.7 Å². The Morgan fingerprint density at radius 1 is 0.923 bits per heavy atom. The maximum atomic E-state index is 13.3. The van der Waals surface area contributed by atoms with Crippen LogP contribution in [0.25, 0.3) is 11.1 Å². The first-order valence-electron chi connectivity index (χ1n) is 14.1. The SMILES string of the molecule is CCCC[C@@H](C[C@@H](CCc1ccc(-c2ccc(Cl)cc2Cl)cc1)C(=O)OCC[Si](C)(C)C)C(=O)OC(C)(C)C. The molecular formula is C32H46Cl2O4Si. The Kier molecular flexibility index (Phi) is 13.1. The van der Waals surface area contributed by atoms with Gasteiger partial charge in [-0.3, -0.25) is 9.59 Å². The predicted molar refractivity (Wildman–Crippen MR) is 166 cm³/mol. The highest BCUT2D eigenvalue weighted by Gasteiger charge is 2.31.